The zero-order chi connectivity index (χ0) is 17.5. The van der Waals surface area contributed by atoms with E-state index in [9.17, 15) is 9.59 Å². The van der Waals surface area contributed by atoms with Gasteiger partial charge in [-0.2, -0.15) is 0 Å². The van der Waals surface area contributed by atoms with Crippen molar-refractivity contribution in [2.24, 2.45) is 5.92 Å². The number of rotatable bonds is 6. The van der Waals surface area contributed by atoms with E-state index in [1.807, 2.05) is 45.0 Å². The first-order valence-corrected chi connectivity index (χ1v) is 8.18. The Morgan fingerprint density at radius 1 is 0.875 bits per heavy atom. The largest absolute Gasteiger partial charge is 0.352 e. The van der Waals surface area contributed by atoms with E-state index in [-0.39, 0.29) is 11.8 Å². The molecule has 0 saturated heterocycles. The summed E-state index contributed by atoms with van der Waals surface area (Å²) in [7, 11) is 0. The Bertz CT molecular complexity index is 706. The highest BCUT2D eigenvalue weighted by molar-refractivity contribution is 5.97. The number of hydrogen-bond donors (Lipinski definition) is 2. The predicted octanol–water partition coefficient (Wildman–Crippen LogP) is 3.31. The van der Waals surface area contributed by atoms with E-state index in [0.29, 0.717) is 30.1 Å². The molecule has 2 aromatic rings. The molecule has 2 rings (SSSR count). The van der Waals surface area contributed by atoms with Crippen molar-refractivity contribution in [2.75, 3.05) is 6.54 Å². The molecule has 2 amide bonds. The van der Waals surface area contributed by atoms with Crippen molar-refractivity contribution >= 4 is 11.8 Å². The summed E-state index contributed by atoms with van der Waals surface area (Å²) in [6.07, 6.45) is 0. The van der Waals surface area contributed by atoms with Gasteiger partial charge in [-0.15, -0.1) is 0 Å². The standard InChI is InChI=1S/C20H24N2O2/c1-14(2)12-21-19(23)16-8-10-17(11-9-16)20(24)22-13-18-7-5-4-6-15(18)3/h4-11,14H,12-13H2,1-3H3,(H,21,23)(H,22,24). The molecule has 126 valence electrons. The van der Waals surface area contributed by atoms with Crippen LogP contribution in [0.1, 0.15) is 45.7 Å². The number of amides is 2. The van der Waals surface area contributed by atoms with Crippen molar-refractivity contribution < 1.29 is 9.59 Å². The summed E-state index contributed by atoms with van der Waals surface area (Å²) in [4.78, 5) is 24.2. The van der Waals surface area contributed by atoms with Gasteiger partial charge in [-0.05, 0) is 48.2 Å². The van der Waals surface area contributed by atoms with E-state index >= 15 is 0 Å². The third kappa shape index (κ3) is 4.95. The lowest BCUT2D eigenvalue weighted by molar-refractivity contribution is 0.0938. The van der Waals surface area contributed by atoms with Gasteiger partial charge in [-0.1, -0.05) is 38.1 Å². The van der Waals surface area contributed by atoms with Crippen LogP contribution >= 0.6 is 0 Å². The molecule has 0 fully saturated rings. The summed E-state index contributed by atoms with van der Waals surface area (Å²) in [5.41, 5.74) is 3.35. The van der Waals surface area contributed by atoms with Crippen LogP contribution in [0, 0.1) is 12.8 Å². The molecule has 0 saturated carbocycles. The van der Waals surface area contributed by atoms with Crippen LogP contribution in [0.2, 0.25) is 0 Å². The van der Waals surface area contributed by atoms with E-state index in [4.69, 9.17) is 0 Å². The van der Waals surface area contributed by atoms with Gasteiger partial charge in [0.1, 0.15) is 0 Å². The van der Waals surface area contributed by atoms with Gasteiger partial charge in [0.15, 0.2) is 0 Å². The van der Waals surface area contributed by atoms with Crippen LogP contribution in [0.5, 0.6) is 0 Å². The van der Waals surface area contributed by atoms with E-state index in [2.05, 4.69) is 10.6 Å². The summed E-state index contributed by atoms with van der Waals surface area (Å²) < 4.78 is 0. The van der Waals surface area contributed by atoms with Crippen LogP contribution in [0.15, 0.2) is 48.5 Å². The van der Waals surface area contributed by atoms with Crippen LogP contribution < -0.4 is 10.6 Å². The van der Waals surface area contributed by atoms with Crippen molar-refractivity contribution in [2.45, 2.75) is 27.3 Å². The third-order valence-corrected chi connectivity index (χ3v) is 3.78. The fourth-order valence-corrected chi connectivity index (χ4v) is 2.26. The Kier molecular flexibility index (Phi) is 6.13. The zero-order valence-electron chi connectivity index (χ0n) is 14.4. The highest BCUT2D eigenvalue weighted by Gasteiger charge is 2.09. The van der Waals surface area contributed by atoms with Gasteiger partial charge in [0.25, 0.3) is 11.8 Å². The zero-order valence-corrected chi connectivity index (χ0v) is 14.4. The molecule has 0 unspecified atom stereocenters. The van der Waals surface area contributed by atoms with Crippen molar-refractivity contribution in [1.29, 1.82) is 0 Å². The van der Waals surface area contributed by atoms with Gasteiger partial charge in [0.05, 0.1) is 0 Å². The monoisotopic (exact) mass is 324 g/mol. The van der Waals surface area contributed by atoms with E-state index < -0.39 is 0 Å². The molecule has 2 N–H and O–H groups in total. The van der Waals surface area contributed by atoms with Crippen LogP contribution in [0.4, 0.5) is 0 Å². The molecule has 0 aromatic heterocycles. The summed E-state index contributed by atoms with van der Waals surface area (Å²) in [6, 6.07) is 14.7. The number of benzene rings is 2. The SMILES string of the molecule is Cc1ccccc1CNC(=O)c1ccc(C(=O)NCC(C)C)cc1. The fraction of sp³-hybridized carbons (Fsp3) is 0.300. The lowest BCUT2D eigenvalue weighted by Gasteiger charge is -2.09. The molecule has 0 spiro atoms. The Balaban J connectivity index is 1.93. The average Bonchev–Trinajstić information content (AvgIpc) is 2.58. The number of nitrogens with one attached hydrogen (secondary N) is 2. The second kappa shape index (κ2) is 8.29. The first-order chi connectivity index (χ1) is 11.5. The number of carbonyl (C=O) groups is 2. The maximum Gasteiger partial charge on any atom is 0.251 e. The molecule has 4 nitrogen and oxygen atoms in total. The smallest absolute Gasteiger partial charge is 0.251 e. The molecule has 0 atom stereocenters. The minimum absolute atomic E-state index is 0.115. The molecule has 0 heterocycles. The number of aryl methyl sites for hydroxylation is 1. The highest BCUT2D eigenvalue weighted by atomic mass is 16.2. The van der Waals surface area contributed by atoms with Gasteiger partial charge >= 0.3 is 0 Å². The molecule has 0 aliphatic rings. The fourth-order valence-electron chi connectivity index (χ4n) is 2.26. The Hall–Kier alpha value is -2.62. The topological polar surface area (TPSA) is 58.2 Å². The normalized spacial score (nSPS) is 10.5. The second-order valence-corrected chi connectivity index (χ2v) is 6.29. The summed E-state index contributed by atoms with van der Waals surface area (Å²) in [5.74, 6) is 0.142. The first kappa shape index (κ1) is 17.7. The average molecular weight is 324 g/mol. The number of carbonyl (C=O) groups excluding carboxylic acids is 2. The molecule has 0 aliphatic carbocycles. The van der Waals surface area contributed by atoms with Gasteiger partial charge in [-0.25, -0.2) is 0 Å². The van der Waals surface area contributed by atoms with Gasteiger partial charge in [0.2, 0.25) is 0 Å². The summed E-state index contributed by atoms with van der Waals surface area (Å²) in [5, 5.41) is 5.77. The second-order valence-electron chi connectivity index (χ2n) is 6.29. The predicted molar refractivity (Wildman–Crippen MR) is 96.0 cm³/mol. The summed E-state index contributed by atoms with van der Waals surface area (Å²) in [6.45, 7) is 7.23. The Morgan fingerprint density at radius 2 is 1.42 bits per heavy atom. The van der Waals surface area contributed by atoms with E-state index in [0.717, 1.165) is 11.1 Å². The molecule has 2 aromatic carbocycles. The van der Waals surface area contributed by atoms with E-state index in [1.165, 1.54) is 0 Å². The quantitative estimate of drug-likeness (QED) is 0.856. The van der Waals surface area contributed by atoms with Gasteiger partial charge < -0.3 is 10.6 Å². The van der Waals surface area contributed by atoms with E-state index in [1.54, 1.807) is 24.3 Å². The molecule has 4 heteroatoms. The van der Waals surface area contributed by atoms with Gasteiger partial charge in [0, 0.05) is 24.2 Å². The molecular weight excluding hydrogens is 300 g/mol. The maximum atomic E-state index is 12.2. The Morgan fingerprint density at radius 3 is 1.96 bits per heavy atom. The van der Waals surface area contributed by atoms with Crippen molar-refractivity contribution in [3.05, 3.63) is 70.8 Å². The third-order valence-electron chi connectivity index (χ3n) is 3.78. The maximum absolute atomic E-state index is 12.2. The molecule has 0 aliphatic heterocycles. The molecule has 0 bridgehead atoms. The first-order valence-electron chi connectivity index (χ1n) is 8.18. The molecular formula is C20H24N2O2. The van der Waals surface area contributed by atoms with Gasteiger partial charge in [-0.3, -0.25) is 9.59 Å². The minimum atomic E-state index is -0.146. The minimum Gasteiger partial charge on any atom is -0.352 e. The van der Waals surface area contributed by atoms with Crippen molar-refractivity contribution in [1.82, 2.24) is 10.6 Å². The Labute approximate surface area is 143 Å². The van der Waals surface area contributed by atoms with Crippen molar-refractivity contribution in [3.8, 4) is 0 Å². The van der Waals surface area contributed by atoms with Crippen LogP contribution in [0.25, 0.3) is 0 Å². The van der Waals surface area contributed by atoms with Crippen LogP contribution in [-0.4, -0.2) is 18.4 Å². The molecule has 24 heavy (non-hydrogen) atoms. The lowest BCUT2D eigenvalue weighted by Crippen LogP contribution is -2.27. The van der Waals surface area contributed by atoms with Crippen LogP contribution in [0.3, 0.4) is 0 Å². The molecule has 0 radical (unpaired) electrons. The van der Waals surface area contributed by atoms with Crippen molar-refractivity contribution in [3.63, 3.8) is 0 Å². The summed E-state index contributed by atoms with van der Waals surface area (Å²) >= 11 is 0. The highest BCUT2D eigenvalue weighted by Crippen LogP contribution is 2.08. The van der Waals surface area contributed by atoms with Crippen LogP contribution in [-0.2, 0) is 6.54 Å². The number of hydrogen-bond acceptors (Lipinski definition) is 2. The lowest BCUT2D eigenvalue weighted by atomic mass is 10.1.